The van der Waals surface area contributed by atoms with Gasteiger partial charge in [-0.15, -0.1) is 0 Å². The fourth-order valence-corrected chi connectivity index (χ4v) is 5.27. The summed E-state index contributed by atoms with van der Waals surface area (Å²) in [6, 6.07) is 0. The highest BCUT2D eigenvalue weighted by Gasteiger charge is 2.45. The topological polar surface area (TPSA) is 94.8 Å². The van der Waals surface area contributed by atoms with E-state index < -0.39 is 29.9 Å². The van der Waals surface area contributed by atoms with Gasteiger partial charge in [-0.25, -0.2) is 0 Å². The molecule has 0 rings (SSSR count). The van der Waals surface area contributed by atoms with Crippen LogP contribution in [0, 0.1) is 0 Å². The van der Waals surface area contributed by atoms with Gasteiger partial charge in [0.15, 0.2) is 23.3 Å². The van der Waals surface area contributed by atoms with E-state index in [1.165, 1.54) is 89.9 Å². The Hall–Kier alpha value is -1.04. The van der Waals surface area contributed by atoms with Gasteiger partial charge >= 0.3 is 0 Å². The number of unbranched alkanes of at least 4 members (excludes halogenated alkanes) is 21. The zero-order valence-electron chi connectivity index (χ0n) is 26.5. The Bertz CT molecular complexity index is 617. The molecule has 0 aromatic rings. The van der Waals surface area contributed by atoms with Gasteiger partial charge < -0.3 is 15.3 Å². The average Bonchev–Trinajstić information content (AvgIpc) is 2.96. The molecule has 0 aromatic heterocycles. The molecule has 2 atom stereocenters. The maximum Gasteiger partial charge on any atom is 0.178 e. The molecular weight excluding hydrogens is 500 g/mol. The van der Waals surface area contributed by atoms with Crippen LogP contribution in [0.15, 0.2) is 12.2 Å². The van der Waals surface area contributed by atoms with E-state index in [1.807, 2.05) is 0 Å². The second kappa shape index (κ2) is 28.1. The van der Waals surface area contributed by atoms with Crippen molar-refractivity contribution in [3.05, 3.63) is 12.2 Å². The van der Waals surface area contributed by atoms with Gasteiger partial charge in [-0.1, -0.05) is 142 Å². The van der Waals surface area contributed by atoms with E-state index in [0.717, 1.165) is 51.4 Å². The maximum atomic E-state index is 12.6. The number of hydrogen-bond donors (Lipinski definition) is 3. The van der Waals surface area contributed by atoms with Gasteiger partial charge in [0.25, 0.3) is 0 Å². The van der Waals surface area contributed by atoms with Crippen molar-refractivity contribution in [2.24, 2.45) is 0 Å². The van der Waals surface area contributed by atoms with Gasteiger partial charge in [-0.05, 0) is 38.5 Å². The Labute approximate surface area is 247 Å². The molecule has 0 aliphatic rings. The lowest BCUT2D eigenvalue weighted by atomic mass is 9.85. The molecule has 3 N–H and O–H groups in total. The summed E-state index contributed by atoms with van der Waals surface area (Å²) < 4.78 is 0. The number of aliphatic hydroxyl groups is 3. The number of aliphatic hydroxyl groups excluding tert-OH is 2. The van der Waals surface area contributed by atoms with Gasteiger partial charge in [0, 0.05) is 12.8 Å². The molecule has 40 heavy (non-hydrogen) atoms. The summed E-state index contributed by atoms with van der Waals surface area (Å²) in [6.45, 7) is 3.55. The van der Waals surface area contributed by atoms with E-state index in [4.69, 9.17) is 0 Å². The van der Waals surface area contributed by atoms with E-state index in [-0.39, 0.29) is 12.8 Å². The van der Waals surface area contributed by atoms with Crippen LogP contribution in [0.25, 0.3) is 0 Å². The van der Waals surface area contributed by atoms with Crippen LogP contribution in [0.5, 0.6) is 0 Å². The van der Waals surface area contributed by atoms with Crippen molar-refractivity contribution in [2.75, 3.05) is 6.61 Å². The quantitative estimate of drug-likeness (QED) is 0.0575. The minimum Gasteiger partial charge on any atom is -0.393 e. The van der Waals surface area contributed by atoms with Gasteiger partial charge in [0.05, 0.1) is 6.61 Å². The van der Waals surface area contributed by atoms with E-state index in [0.29, 0.717) is 12.8 Å². The molecule has 0 amide bonds. The van der Waals surface area contributed by atoms with Crippen LogP contribution in [0.3, 0.4) is 0 Å². The molecule has 0 aromatic carbocycles. The first kappa shape index (κ1) is 39.0. The summed E-state index contributed by atoms with van der Waals surface area (Å²) in [7, 11) is 0. The molecule has 5 heteroatoms. The third-order valence-corrected chi connectivity index (χ3v) is 8.17. The average molecular weight is 567 g/mol. The Kier molecular flexibility index (Phi) is 27.4. The second-order valence-electron chi connectivity index (χ2n) is 12.0. The second-order valence-corrected chi connectivity index (χ2v) is 12.0. The van der Waals surface area contributed by atoms with Crippen LogP contribution >= 0.6 is 0 Å². The molecule has 0 bridgehead atoms. The number of allylic oxidation sites excluding steroid dienone is 2. The van der Waals surface area contributed by atoms with Crippen molar-refractivity contribution in [1.82, 2.24) is 0 Å². The number of carbonyl (C=O) groups is 2. The Morgan fingerprint density at radius 3 is 1.32 bits per heavy atom. The summed E-state index contributed by atoms with van der Waals surface area (Å²) in [4.78, 5) is 25.1. The van der Waals surface area contributed by atoms with Crippen molar-refractivity contribution in [1.29, 1.82) is 0 Å². The van der Waals surface area contributed by atoms with Crippen LogP contribution in [-0.2, 0) is 9.59 Å². The lowest BCUT2D eigenvalue weighted by Crippen LogP contribution is -2.55. The number of hydrogen-bond acceptors (Lipinski definition) is 5. The third kappa shape index (κ3) is 20.8. The molecule has 5 nitrogen and oxygen atoms in total. The summed E-state index contributed by atoms with van der Waals surface area (Å²) in [5, 5.41) is 30.7. The molecule has 0 aliphatic carbocycles. The van der Waals surface area contributed by atoms with Crippen molar-refractivity contribution in [2.45, 2.75) is 192 Å². The first-order chi connectivity index (χ1) is 19.4. The number of Topliss-reactive ketones (excluding diaryl/α,β-unsaturated/α-hetero) is 2. The fraction of sp³-hybridized carbons (Fsp3) is 0.886. The van der Waals surface area contributed by atoms with Gasteiger partial charge in [-0.3, -0.25) is 9.59 Å². The summed E-state index contributed by atoms with van der Waals surface area (Å²) in [5.74, 6) is -1.18. The van der Waals surface area contributed by atoms with Crippen LogP contribution in [0.1, 0.15) is 181 Å². The zero-order chi connectivity index (χ0) is 29.7. The largest absolute Gasteiger partial charge is 0.393 e. The number of rotatable bonds is 31. The number of carbonyl (C=O) groups excluding carboxylic acids is 2. The highest BCUT2D eigenvalue weighted by molar-refractivity contribution is 5.96. The minimum absolute atomic E-state index is 0.0752. The molecule has 236 valence electrons. The van der Waals surface area contributed by atoms with E-state index in [1.54, 1.807) is 0 Å². The smallest absolute Gasteiger partial charge is 0.178 e. The molecule has 0 radical (unpaired) electrons. The predicted octanol–water partition coefficient (Wildman–Crippen LogP) is 8.95. The van der Waals surface area contributed by atoms with Crippen LogP contribution in [0.2, 0.25) is 0 Å². The molecule has 0 fully saturated rings. The lowest BCUT2D eigenvalue weighted by Gasteiger charge is -2.29. The van der Waals surface area contributed by atoms with Crippen LogP contribution < -0.4 is 0 Å². The molecule has 0 heterocycles. The highest BCUT2D eigenvalue weighted by Crippen LogP contribution is 2.20. The molecule has 0 spiro atoms. The summed E-state index contributed by atoms with van der Waals surface area (Å²) >= 11 is 0. The molecular formula is C35H66O5. The van der Waals surface area contributed by atoms with E-state index >= 15 is 0 Å². The third-order valence-electron chi connectivity index (χ3n) is 8.17. The van der Waals surface area contributed by atoms with Crippen LogP contribution in [-0.4, -0.2) is 45.2 Å². The van der Waals surface area contributed by atoms with Gasteiger partial charge in [0.2, 0.25) is 0 Å². The molecule has 0 aliphatic heterocycles. The van der Waals surface area contributed by atoms with Crippen LogP contribution in [0.4, 0.5) is 0 Å². The van der Waals surface area contributed by atoms with Crippen molar-refractivity contribution < 1.29 is 24.9 Å². The zero-order valence-corrected chi connectivity index (χ0v) is 26.5. The summed E-state index contributed by atoms with van der Waals surface area (Å²) in [5.41, 5.74) is -2.38. The lowest BCUT2D eigenvalue weighted by molar-refractivity contribution is -0.165. The molecule has 0 saturated heterocycles. The maximum absolute atomic E-state index is 12.6. The first-order valence-electron chi connectivity index (χ1n) is 17.2. The number of ketones is 2. The molecule has 2 unspecified atom stereocenters. The van der Waals surface area contributed by atoms with E-state index in [2.05, 4.69) is 26.0 Å². The predicted molar refractivity (Wildman–Crippen MR) is 169 cm³/mol. The van der Waals surface area contributed by atoms with Crippen molar-refractivity contribution in [3.63, 3.8) is 0 Å². The highest BCUT2D eigenvalue weighted by atomic mass is 16.4. The van der Waals surface area contributed by atoms with Gasteiger partial charge in [0.1, 0.15) is 0 Å². The normalized spacial score (nSPS) is 14.0. The van der Waals surface area contributed by atoms with Crippen molar-refractivity contribution >= 4 is 11.6 Å². The Morgan fingerprint density at radius 2 is 0.925 bits per heavy atom. The fourth-order valence-electron chi connectivity index (χ4n) is 5.27. The molecule has 0 saturated carbocycles. The standard InChI is InChI=1S/C35H66O5/c1-3-5-7-9-11-13-15-16-17-18-20-21-23-25-27-29-32(37)34(39)35(40,31-36)33(38)30-28-26-24-22-19-14-12-10-8-6-4-2/h16-17,34,36,39-40H,3-15,18-31H2,1-2H3. The first-order valence-corrected chi connectivity index (χ1v) is 17.2. The summed E-state index contributed by atoms with van der Waals surface area (Å²) in [6.07, 6.45) is 30.7. The Balaban J connectivity index is 3.91. The van der Waals surface area contributed by atoms with E-state index in [9.17, 15) is 24.9 Å². The monoisotopic (exact) mass is 566 g/mol. The van der Waals surface area contributed by atoms with Crippen molar-refractivity contribution in [3.8, 4) is 0 Å². The van der Waals surface area contributed by atoms with Gasteiger partial charge in [-0.2, -0.15) is 0 Å². The SMILES string of the molecule is CCCCCCCCC=CCCCCCCCC(=O)C(O)C(O)(CO)C(=O)CCCCCCCCCCCCC. The minimum atomic E-state index is -2.38. The Morgan fingerprint density at radius 1 is 0.575 bits per heavy atom.